The van der Waals surface area contributed by atoms with E-state index in [4.69, 9.17) is 9.94 Å². The Balaban J connectivity index is 1.94. The molecule has 4 heteroatoms. The Morgan fingerprint density at radius 2 is 1.81 bits per heavy atom. The largest absolute Gasteiger partial charge is 0.489 e. The summed E-state index contributed by atoms with van der Waals surface area (Å²) in [5.74, 6) is 0.532. The molecule has 0 heterocycles. The van der Waals surface area contributed by atoms with Crippen LogP contribution < -0.4 is 4.74 Å². The highest BCUT2D eigenvalue weighted by atomic mass is 16.5. The SMILES string of the molecule is CN(O)C=CC(=O)c1ccc(OCc2ccccc2)cc1. The van der Waals surface area contributed by atoms with Crippen molar-refractivity contribution in [2.75, 3.05) is 7.05 Å². The molecule has 2 rings (SSSR count). The Morgan fingerprint density at radius 1 is 1.14 bits per heavy atom. The molecule has 0 fully saturated rings. The molecule has 1 N–H and O–H groups in total. The number of hydrogen-bond acceptors (Lipinski definition) is 4. The average Bonchev–Trinajstić information content (AvgIpc) is 2.52. The van der Waals surface area contributed by atoms with Crippen LogP contribution in [0.4, 0.5) is 0 Å². The van der Waals surface area contributed by atoms with Crippen LogP contribution in [0.1, 0.15) is 15.9 Å². The van der Waals surface area contributed by atoms with Gasteiger partial charge in [-0.25, -0.2) is 0 Å². The summed E-state index contributed by atoms with van der Waals surface area (Å²) in [6, 6.07) is 16.8. The zero-order valence-corrected chi connectivity index (χ0v) is 11.8. The van der Waals surface area contributed by atoms with E-state index in [-0.39, 0.29) is 5.78 Å². The Bertz CT molecular complexity index is 604. The van der Waals surface area contributed by atoms with Crippen molar-refractivity contribution < 1.29 is 14.7 Å². The van der Waals surface area contributed by atoms with Crippen molar-refractivity contribution in [3.8, 4) is 5.75 Å². The molecule has 0 aliphatic heterocycles. The van der Waals surface area contributed by atoms with Crippen molar-refractivity contribution in [2.45, 2.75) is 6.61 Å². The topological polar surface area (TPSA) is 49.8 Å². The molecule has 0 bridgehead atoms. The fourth-order valence-corrected chi connectivity index (χ4v) is 1.73. The van der Waals surface area contributed by atoms with E-state index < -0.39 is 0 Å². The fraction of sp³-hybridized carbons (Fsp3) is 0.118. The molecule has 0 saturated heterocycles. The van der Waals surface area contributed by atoms with Gasteiger partial charge in [-0.2, -0.15) is 0 Å². The van der Waals surface area contributed by atoms with Crippen LogP contribution in [0.15, 0.2) is 66.9 Å². The number of carbonyl (C=O) groups is 1. The molecule has 0 spiro atoms. The van der Waals surface area contributed by atoms with Crippen LogP contribution in [-0.4, -0.2) is 23.1 Å². The summed E-state index contributed by atoms with van der Waals surface area (Å²) in [5, 5.41) is 9.77. The minimum absolute atomic E-state index is 0.175. The zero-order valence-electron chi connectivity index (χ0n) is 11.8. The van der Waals surface area contributed by atoms with Crippen LogP contribution in [-0.2, 0) is 6.61 Å². The smallest absolute Gasteiger partial charge is 0.187 e. The standard InChI is InChI=1S/C17H17NO3/c1-18(20)12-11-17(19)15-7-9-16(10-8-15)21-13-14-5-3-2-4-6-14/h2-12,20H,13H2,1H3. The van der Waals surface area contributed by atoms with Gasteiger partial charge in [-0.05, 0) is 29.8 Å². The van der Waals surface area contributed by atoms with Gasteiger partial charge in [0.05, 0.1) is 0 Å². The second kappa shape index (κ2) is 7.26. The van der Waals surface area contributed by atoms with E-state index in [1.807, 2.05) is 30.3 Å². The lowest BCUT2D eigenvalue weighted by Gasteiger charge is -2.06. The van der Waals surface area contributed by atoms with E-state index in [9.17, 15) is 4.79 Å². The van der Waals surface area contributed by atoms with E-state index in [1.54, 1.807) is 24.3 Å². The number of ketones is 1. The van der Waals surface area contributed by atoms with Crippen LogP contribution in [0.2, 0.25) is 0 Å². The van der Waals surface area contributed by atoms with Gasteiger partial charge in [0, 0.05) is 24.9 Å². The van der Waals surface area contributed by atoms with E-state index in [0.29, 0.717) is 17.9 Å². The molecule has 0 aliphatic carbocycles. The van der Waals surface area contributed by atoms with E-state index in [2.05, 4.69) is 0 Å². The third-order valence-electron chi connectivity index (χ3n) is 2.83. The minimum Gasteiger partial charge on any atom is -0.489 e. The lowest BCUT2D eigenvalue weighted by Crippen LogP contribution is -2.04. The van der Waals surface area contributed by atoms with E-state index in [0.717, 1.165) is 10.6 Å². The first kappa shape index (κ1) is 14.8. The van der Waals surface area contributed by atoms with Gasteiger partial charge in [-0.1, -0.05) is 30.3 Å². The molecule has 0 radical (unpaired) electrons. The Hall–Kier alpha value is -2.59. The van der Waals surface area contributed by atoms with Crippen LogP contribution in [0.25, 0.3) is 0 Å². The predicted molar refractivity (Wildman–Crippen MR) is 80.2 cm³/mol. The fourth-order valence-electron chi connectivity index (χ4n) is 1.73. The number of hydroxylamine groups is 2. The highest BCUT2D eigenvalue weighted by molar-refractivity contribution is 6.04. The summed E-state index contributed by atoms with van der Waals surface area (Å²) in [7, 11) is 1.43. The second-order valence-corrected chi connectivity index (χ2v) is 4.55. The molecule has 0 unspecified atom stereocenters. The average molecular weight is 283 g/mol. The molecular formula is C17H17NO3. The monoisotopic (exact) mass is 283 g/mol. The van der Waals surface area contributed by atoms with Gasteiger partial charge in [-0.15, -0.1) is 0 Å². The number of nitrogens with zero attached hydrogens (tertiary/aromatic N) is 1. The third-order valence-corrected chi connectivity index (χ3v) is 2.83. The molecule has 4 nitrogen and oxygen atoms in total. The van der Waals surface area contributed by atoms with Crippen LogP contribution >= 0.6 is 0 Å². The maximum absolute atomic E-state index is 11.8. The van der Waals surface area contributed by atoms with Gasteiger partial charge in [-0.3, -0.25) is 15.1 Å². The first-order chi connectivity index (χ1) is 10.1. The first-order valence-electron chi connectivity index (χ1n) is 6.56. The van der Waals surface area contributed by atoms with Gasteiger partial charge in [0.1, 0.15) is 12.4 Å². The van der Waals surface area contributed by atoms with Crippen molar-refractivity contribution in [1.29, 1.82) is 0 Å². The number of hydrogen-bond donors (Lipinski definition) is 1. The van der Waals surface area contributed by atoms with Crippen molar-refractivity contribution in [2.24, 2.45) is 0 Å². The lowest BCUT2D eigenvalue weighted by molar-refractivity contribution is -0.0130. The number of rotatable bonds is 6. The van der Waals surface area contributed by atoms with Crippen LogP contribution in [0.5, 0.6) is 5.75 Å². The number of carbonyl (C=O) groups excluding carboxylic acids is 1. The van der Waals surface area contributed by atoms with Gasteiger partial charge in [0.2, 0.25) is 0 Å². The molecule has 0 aromatic heterocycles. The summed E-state index contributed by atoms with van der Waals surface area (Å²) >= 11 is 0. The highest BCUT2D eigenvalue weighted by Crippen LogP contribution is 2.15. The van der Waals surface area contributed by atoms with Gasteiger partial charge < -0.3 is 4.74 Å². The maximum Gasteiger partial charge on any atom is 0.187 e. The molecule has 2 aromatic rings. The predicted octanol–water partition coefficient (Wildman–Crippen LogP) is 3.28. The Morgan fingerprint density at radius 3 is 2.43 bits per heavy atom. The molecule has 0 amide bonds. The van der Waals surface area contributed by atoms with Crippen molar-refractivity contribution >= 4 is 5.78 Å². The minimum atomic E-state index is -0.175. The van der Waals surface area contributed by atoms with E-state index in [1.165, 1.54) is 19.3 Å². The summed E-state index contributed by atoms with van der Waals surface area (Å²) in [4.78, 5) is 11.8. The molecule has 108 valence electrons. The maximum atomic E-state index is 11.8. The number of allylic oxidation sites excluding steroid dienone is 1. The molecule has 0 aliphatic rings. The summed E-state index contributed by atoms with van der Waals surface area (Å²) in [5.41, 5.74) is 1.63. The Kier molecular flexibility index (Phi) is 5.12. The number of benzene rings is 2. The molecule has 0 atom stereocenters. The third kappa shape index (κ3) is 4.78. The quantitative estimate of drug-likeness (QED) is 0.502. The van der Waals surface area contributed by atoms with Gasteiger partial charge in [0.25, 0.3) is 0 Å². The van der Waals surface area contributed by atoms with Crippen molar-refractivity contribution in [3.05, 3.63) is 78.0 Å². The van der Waals surface area contributed by atoms with E-state index >= 15 is 0 Å². The summed E-state index contributed by atoms with van der Waals surface area (Å²) < 4.78 is 5.65. The summed E-state index contributed by atoms with van der Waals surface area (Å²) in [6.45, 7) is 0.489. The second-order valence-electron chi connectivity index (χ2n) is 4.55. The molecule has 21 heavy (non-hydrogen) atoms. The molecule has 0 saturated carbocycles. The zero-order chi connectivity index (χ0) is 15.1. The highest BCUT2D eigenvalue weighted by Gasteiger charge is 2.02. The van der Waals surface area contributed by atoms with Crippen LogP contribution in [0, 0.1) is 0 Å². The molecule has 2 aromatic carbocycles. The van der Waals surface area contributed by atoms with Crippen molar-refractivity contribution in [1.82, 2.24) is 5.06 Å². The lowest BCUT2D eigenvalue weighted by atomic mass is 10.1. The normalized spacial score (nSPS) is 10.6. The molecular weight excluding hydrogens is 266 g/mol. The first-order valence-corrected chi connectivity index (χ1v) is 6.56. The number of ether oxygens (including phenoxy) is 1. The van der Waals surface area contributed by atoms with Crippen molar-refractivity contribution in [3.63, 3.8) is 0 Å². The van der Waals surface area contributed by atoms with Gasteiger partial charge in [0.15, 0.2) is 5.78 Å². The van der Waals surface area contributed by atoms with Crippen LogP contribution in [0.3, 0.4) is 0 Å². The van der Waals surface area contributed by atoms with Gasteiger partial charge >= 0.3 is 0 Å². The Labute approximate surface area is 123 Å². The summed E-state index contributed by atoms with van der Waals surface area (Å²) in [6.07, 6.45) is 2.60.